The van der Waals surface area contributed by atoms with E-state index in [9.17, 15) is 10.0 Å². The van der Waals surface area contributed by atoms with Gasteiger partial charge in [0.2, 0.25) is 11.3 Å². The van der Waals surface area contributed by atoms with E-state index in [0.717, 1.165) is 12.8 Å². The maximum Gasteiger partial charge on any atom is 0.268 e. The van der Waals surface area contributed by atoms with Gasteiger partial charge in [0.05, 0.1) is 5.92 Å². The lowest BCUT2D eigenvalue weighted by Crippen LogP contribution is -2.55. The third-order valence-electron chi connectivity index (χ3n) is 5.30. The zero-order valence-electron chi connectivity index (χ0n) is 12.2. The van der Waals surface area contributed by atoms with Crippen LogP contribution in [0.2, 0.25) is 0 Å². The summed E-state index contributed by atoms with van der Waals surface area (Å²) >= 11 is 0. The maximum absolute atomic E-state index is 12.2. The van der Waals surface area contributed by atoms with Gasteiger partial charge >= 0.3 is 0 Å². The van der Waals surface area contributed by atoms with Crippen LogP contribution < -0.4 is 0 Å². The first kappa shape index (κ1) is 13.6. The molecule has 0 radical (unpaired) electrons. The van der Waals surface area contributed by atoms with Crippen molar-refractivity contribution in [2.24, 2.45) is 23.7 Å². The first-order valence-corrected chi connectivity index (χ1v) is 7.19. The summed E-state index contributed by atoms with van der Waals surface area (Å²) in [4.78, 5) is 12.2. The van der Waals surface area contributed by atoms with Gasteiger partial charge in [-0.15, -0.1) is 0 Å². The number of nitrogens with zero attached hydrogens (tertiary/aromatic N) is 1. The van der Waals surface area contributed by atoms with Crippen molar-refractivity contribution in [1.82, 2.24) is 0 Å². The molecule has 0 saturated heterocycles. The van der Waals surface area contributed by atoms with Gasteiger partial charge < -0.3 is 0 Å². The summed E-state index contributed by atoms with van der Waals surface area (Å²) in [7, 11) is 0. The predicted molar refractivity (Wildman–Crippen MR) is 71.0 cm³/mol. The molecule has 102 valence electrons. The van der Waals surface area contributed by atoms with Gasteiger partial charge in [-0.25, -0.2) is 0 Å². The molecule has 0 aromatic carbocycles. The van der Waals surface area contributed by atoms with Crippen LogP contribution in [-0.2, 0) is 4.79 Å². The highest BCUT2D eigenvalue weighted by Gasteiger charge is 2.65. The van der Waals surface area contributed by atoms with E-state index in [1.54, 1.807) is 6.92 Å². The Kier molecular flexibility index (Phi) is 3.28. The van der Waals surface area contributed by atoms with Crippen molar-refractivity contribution < 1.29 is 14.7 Å². The summed E-state index contributed by atoms with van der Waals surface area (Å²) in [5.41, 5.74) is 0.176. The Hall–Kier alpha value is -0.860. The number of ketones is 1. The van der Waals surface area contributed by atoms with Crippen molar-refractivity contribution >= 4 is 11.5 Å². The van der Waals surface area contributed by atoms with Crippen LogP contribution in [0.15, 0.2) is 0 Å². The minimum Gasteiger partial charge on any atom is -0.290 e. The van der Waals surface area contributed by atoms with Gasteiger partial charge in [-0.05, 0) is 36.3 Å². The molecule has 1 fully saturated rings. The fourth-order valence-electron chi connectivity index (χ4n) is 4.32. The molecule has 18 heavy (non-hydrogen) atoms. The van der Waals surface area contributed by atoms with E-state index < -0.39 is 0 Å². The van der Waals surface area contributed by atoms with Gasteiger partial charge in [0, 0.05) is 19.3 Å². The second-order valence-corrected chi connectivity index (χ2v) is 6.71. The topological polar surface area (TPSA) is 40.3 Å². The van der Waals surface area contributed by atoms with E-state index in [1.165, 1.54) is 11.2 Å². The number of hydrogen-bond acceptors (Lipinski definition) is 2. The van der Waals surface area contributed by atoms with Crippen molar-refractivity contribution in [3.8, 4) is 0 Å². The molecular weight excluding hydrogens is 226 g/mol. The zero-order chi connectivity index (χ0) is 13.7. The molecular formula is C15H26NO2+. The Morgan fingerprint density at radius 2 is 1.94 bits per heavy atom. The number of Topliss-reactive ketones (excluding diaryl/α,β-unsaturated/α-hetero) is 1. The van der Waals surface area contributed by atoms with Crippen LogP contribution in [0.3, 0.4) is 0 Å². The molecule has 0 amide bonds. The fourth-order valence-corrected chi connectivity index (χ4v) is 4.32. The summed E-state index contributed by atoms with van der Waals surface area (Å²) in [6, 6.07) is 0. The second kappa shape index (κ2) is 4.36. The summed E-state index contributed by atoms with van der Waals surface area (Å²) in [6.07, 6.45) is 3.25. The highest BCUT2D eigenvalue weighted by molar-refractivity contribution is 6.38. The van der Waals surface area contributed by atoms with Crippen molar-refractivity contribution in [1.29, 1.82) is 0 Å². The third kappa shape index (κ3) is 1.63. The van der Waals surface area contributed by atoms with Crippen LogP contribution in [0.25, 0.3) is 0 Å². The average Bonchev–Trinajstić information content (AvgIpc) is 2.46. The fraction of sp³-hybridized carbons (Fsp3) is 0.867. The molecule has 1 heterocycles. The maximum atomic E-state index is 12.2. The minimum atomic E-state index is -0.354. The van der Waals surface area contributed by atoms with Crippen molar-refractivity contribution in [2.75, 3.05) is 0 Å². The van der Waals surface area contributed by atoms with Crippen LogP contribution in [-0.4, -0.2) is 27.0 Å². The minimum absolute atomic E-state index is 0.0855. The van der Waals surface area contributed by atoms with E-state index in [4.69, 9.17) is 0 Å². The molecule has 0 aromatic rings. The van der Waals surface area contributed by atoms with Crippen molar-refractivity contribution in [3.63, 3.8) is 0 Å². The molecule has 4 unspecified atom stereocenters. The SMILES string of the molecule is CC1=[N+](O)C2(CC(C)CCC2C(C)C)C(C)C1=O. The molecule has 4 atom stereocenters. The summed E-state index contributed by atoms with van der Waals surface area (Å²) in [6.45, 7) is 10.4. The van der Waals surface area contributed by atoms with Gasteiger partial charge in [0.15, 0.2) is 0 Å². The molecule has 1 spiro atoms. The summed E-state index contributed by atoms with van der Waals surface area (Å²) in [5, 5.41) is 10.5. The molecule has 1 N–H and O–H groups in total. The Labute approximate surface area is 110 Å². The van der Waals surface area contributed by atoms with E-state index >= 15 is 0 Å². The molecule has 3 nitrogen and oxygen atoms in total. The molecule has 1 aliphatic carbocycles. The molecule has 2 rings (SSSR count). The van der Waals surface area contributed by atoms with Gasteiger partial charge in [0.25, 0.3) is 5.71 Å². The Bertz CT molecular complexity index is 399. The number of carbonyl (C=O) groups is 1. The van der Waals surface area contributed by atoms with E-state index in [2.05, 4.69) is 20.8 Å². The monoisotopic (exact) mass is 252 g/mol. The Balaban J connectivity index is 2.51. The first-order chi connectivity index (χ1) is 8.32. The van der Waals surface area contributed by atoms with Crippen molar-refractivity contribution in [3.05, 3.63) is 0 Å². The van der Waals surface area contributed by atoms with E-state index in [1.807, 2.05) is 6.92 Å². The highest BCUT2D eigenvalue weighted by Crippen LogP contribution is 2.49. The smallest absolute Gasteiger partial charge is 0.268 e. The molecule has 0 bridgehead atoms. The van der Waals surface area contributed by atoms with E-state index in [-0.39, 0.29) is 17.2 Å². The third-order valence-corrected chi connectivity index (χ3v) is 5.30. The van der Waals surface area contributed by atoms with Crippen LogP contribution >= 0.6 is 0 Å². The lowest BCUT2D eigenvalue weighted by Gasteiger charge is -2.42. The lowest BCUT2D eigenvalue weighted by atomic mass is 9.60. The van der Waals surface area contributed by atoms with Crippen LogP contribution in [0.5, 0.6) is 0 Å². The number of carbonyl (C=O) groups excluding carboxylic acids is 1. The van der Waals surface area contributed by atoms with Crippen LogP contribution in [0.4, 0.5) is 0 Å². The standard InChI is InChI=1S/C15H26NO2/c1-9(2)13-7-6-10(3)8-15(13)11(4)14(17)12(5)16(15)18/h9-11,13,18H,6-8H2,1-5H3/q+1. The van der Waals surface area contributed by atoms with Crippen LogP contribution in [0.1, 0.15) is 53.9 Å². The summed E-state index contributed by atoms with van der Waals surface area (Å²) < 4.78 is 1.33. The van der Waals surface area contributed by atoms with Crippen molar-refractivity contribution in [2.45, 2.75) is 59.4 Å². The van der Waals surface area contributed by atoms with Gasteiger partial charge in [-0.1, -0.05) is 20.8 Å². The van der Waals surface area contributed by atoms with Gasteiger partial charge in [-0.2, -0.15) is 0 Å². The zero-order valence-corrected chi connectivity index (χ0v) is 12.2. The molecule has 1 aliphatic heterocycles. The Morgan fingerprint density at radius 3 is 2.39 bits per heavy atom. The molecule has 3 heteroatoms. The Morgan fingerprint density at radius 1 is 1.33 bits per heavy atom. The lowest BCUT2D eigenvalue weighted by molar-refractivity contribution is -0.834. The molecule has 0 aromatic heterocycles. The van der Waals surface area contributed by atoms with E-state index in [0.29, 0.717) is 23.5 Å². The molecule has 2 aliphatic rings. The number of rotatable bonds is 1. The highest BCUT2D eigenvalue weighted by atomic mass is 16.5. The largest absolute Gasteiger partial charge is 0.290 e. The first-order valence-electron chi connectivity index (χ1n) is 7.19. The van der Waals surface area contributed by atoms with Gasteiger partial charge in [-0.3, -0.25) is 10.0 Å². The molecule has 1 saturated carbocycles. The quantitative estimate of drug-likeness (QED) is 0.576. The average molecular weight is 252 g/mol. The second-order valence-electron chi connectivity index (χ2n) is 6.71. The predicted octanol–water partition coefficient (Wildman–Crippen LogP) is 2.90. The summed E-state index contributed by atoms with van der Waals surface area (Å²) in [5.74, 6) is 1.51. The van der Waals surface area contributed by atoms with Gasteiger partial charge in [0.1, 0.15) is 0 Å². The normalized spacial score (nSPS) is 41.2. The van der Waals surface area contributed by atoms with Crippen LogP contribution in [0, 0.1) is 23.7 Å². The number of hydrogen-bond donors (Lipinski definition) is 1. The number of hydroxylamine groups is 1.